The zero-order valence-electron chi connectivity index (χ0n) is 13.1. The van der Waals surface area contributed by atoms with Crippen LogP contribution in [-0.4, -0.2) is 11.9 Å². The van der Waals surface area contributed by atoms with Gasteiger partial charge >= 0.3 is 0 Å². The van der Waals surface area contributed by atoms with Crippen LogP contribution in [0.4, 0.5) is 0 Å². The largest absolute Gasteiger partial charge is 0.353 e. The first-order valence-corrected chi connectivity index (χ1v) is 9.03. The summed E-state index contributed by atoms with van der Waals surface area (Å²) in [7, 11) is 0. The molecule has 1 amide bonds. The van der Waals surface area contributed by atoms with Gasteiger partial charge in [0.25, 0.3) is 0 Å². The lowest BCUT2D eigenvalue weighted by Gasteiger charge is -2.30. The lowest BCUT2D eigenvalue weighted by atomic mass is 9.83. The van der Waals surface area contributed by atoms with Crippen molar-refractivity contribution in [2.24, 2.45) is 17.8 Å². The average molecular weight is 318 g/mol. The van der Waals surface area contributed by atoms with Gasteiger partial charge < -0.3 is 5.32 Å². The van der Waals surface area contributed by atoms with E-state index in [-0.39, 0.29) is 11.3 Å². The molecular formula is C19H24ClNO. The number of hydrogen-bond donors (Lipinski definition) is 1. The van der Waals surface area contributed by atoms with Crippen molar-refractivity contribution in [1.82, 2.24) is 5.32 Å². The van der Waals surface area contributed by atoms with Crippen LogP contribution in [-0.2, 0) is 10.2 Å². The highest BCUT2D eigenvalue weighted by atomic mass is 35.5. The summed E-state index contributed by atoms with van der Waals surface area (Å²) in [4.78, 5) is 12.8. The molecule has 4 atom stereocenters. The van der Waals surface area contributed by atoms with Crippen LogP contribution in [0.5, 0.6) is 0 Å². The number of hydrogen-bond acceptors (Lipinski definition) is 1. The van der Waals surface area contributed by atoms with Crippen molar-refractivity contribution in [3.63, 3.8) is 0 Å². The van der Waals surface area contributed by atoms with E-state index in [9.17, 15) is 4.79 Å². The van der Waals surface area contributed by atoms with Gasteiger partial charge in [-0.3, -0.25) is 4.79 Å². The molecule has 3 heteroatoms. The highest BCUT2D eigenvalue weighted by Gasteiger charge is 2.52. The van der Waals surface area contributed by atoms with E-state index >= 15 is 0 Å². The SMILES string of the molecule is C[C@H](NC(=O)C1(c2ccc(Cl)cc2)CC1)[C@@H]1C[C@H]2CC[C@H]1C2. The zero-order valence-corrected chi connectivity index (χ0v) is 13.9. The second-order valence-electron chi connectivity index (χ2n) is 7.69. The van der Waals surface area contributed by atoms with Crippen LogP contribution in [0, 0.1) is 17.8 Å². The Bertz CT molecular complexity index is 578. The monoisotopic (exact) mass is 317 g/mol. The number of benzene rings is 1. The summed E-state index contributed by atoms with van der Waals surface area (Å²) >= 11 is 5.97. The molecule has 3 saturated carbocycles. The predicted molar refractivity (Wildman–Crippen MR) is 88.9 cm³/mol. The minimum atomic E-state index is -0.281. The minimum absolute atomic E-state index is 0.227. The van der Waals surface area contributed by atoms with Gasteiger partial charge in [-0.2, -0.15) is 0 Å². The Morgan fingerprint density at radius 2 is 1.95 bits per heavy atom. The molecule has 3 fully saturated rings. The van der Waals surface area contributed by atoms with Crippen LogP contribution < -0.4 is 5.32 Å². The summed E-state index contributed by atoms with van der Waals surface area (Å²) in [6.45, 7) is 2.21. The van der Waals surface area contributed by atoms with Gasteiger partial charge in [0.15, 0.2) is 0 Å². The third kappa shape index (κ3) is 2.36. The molecule has 0 spiro atoms. The summed E-state index contributed by atoms with van der Waals surface area (Å²) in [5.74, 6) is 2.71. The molecule has 3 aliphatic rings. The third-order valence-electron chi connectivity index (χ3n) is 6.38. The molecule has 1 aromatic rings. The van der Waals surface area contributed by atoms with Gasteiger partial charge in [-0.05, 0) is 74.5 Å². The van der Waals surface area contributed by atoms with Gasteiger partial charge in [-0.1, -0.05) is 30.2 Å². The Morgan fingerprint density at radius 3 is 2.50 bits per heavy atom. The van der Waals surface area contributed by atoms with Crippen LogP contribution in [0.2, 0.25) is 5.02 Å². The number of halogens is 1. The molecule has 2 bridgehead atoms. The fourth-order valence-electron chi connectivity index (χ4n) is 4.90. The second kappa shape index (κ2) is 5.26. The summed E-state index contributed by atoms with van der Waals surface area (Å²) in [5, 5.41) is 4.08. The Labute approximate surface area is 137 Å². The van der Waals surface area contributed by atoms with Gasteiger partial charge in [0, 0.05) is 11.1 Å². The number of amides is 1. The maximum atomic E-state index is 12.8. The van der Waals surface area contributed by atoms with Gasteiger partial charge in [0.2, 0.25) is 5.91 Å². The Kier molecular flexibility index (Phi) is 3.48. The minimum Gasteiger partial charge on any atom is -0.353 e. The first-order chi connectivity index (χ1) is 10.6. The number of carbonyl (C=O) groups is 1. The molecule has 4 rings (SSSR count). The van der Waals surface area contributed by atoms with Gasteiger partial charge in [-0.15, -0.1) is 0 Å². The second-order valence-corrected chi connectivity index (χ2v) is 8.13. The van der Waals surface area contributed by atoms with E-state index in [0.717, 1.165) is 35.3 Å². The maximum Gasteiger partial charge on any atom is 0.230 e. The molecule has 0 saturated heterocycles. The quantitative estimate of drug-likeness (QED) is 0.880. The fourth-order valence-corrected chi connectivity index (χ4v) is 5.03. The number of fused-ring (bicyclic) bond motifs is 2. The predicted octanol–water partition coefficient (Wildman–Crippen LogP) is 4.31. The summed E-state index contributed by atoms with van der Waals surface area (Å²) in [5.41, 5.74) is 0.839. The van der Waals surface area contributed by atoms with E-state index in [0.29, 0.717) is 12.0 Å². The molecule has 0 heterocycles. The Hall–Kier alpha value is -1.02. The standard InChI is InChI=1S/C19H24ClNO/c1-12(17-11-13-2-3-14(17)10-13)21-18(22)19(8-9-19)15-4-6-16(20)7-5-15/h4-7,12-14,17H,2-3,8-11H2,1H3,(H,21,22)/t12-,13-,14-,17-/m0/s1. The van der Waals surface area contributed by atoms with Crippen LogP contribution in [0.1, 0.15) is 51.0 Å². The number of rotatable bonds is 4. The van der Waals surface area contributed by atoms with Crippen molar-refractivity contribution in [2.75, 3.05) is 0 Å². The molecule has 0 radical (unpaired) electrons. The topological polar surface area (TPSA) is 29.1 Å². The molecule has 118 valence electrons. The molecule has 0 unspecified atom stereocenters. The van der Waals surface area contributed by atoms with Crippen LogP contribution in [0.3, 0.4) is 0 Å². The first-order valence-electron chi connectivity index (χ1n) is 8.65. The molecule has 3 aliphatic carbocycles. The lowest BCUT2D eigenvalue weighted by Crippen LogP contribution is -2.44. The van der Waals surface area contributed by atoms with E-state index in [1.165, 1.54) is 25.7 Å². The van der Waals surface area contributed by atoms with Crippen molar-refractivity contribution >= 4 is 17.5 Å². The van der Waals surface area contributed by atoms with E-state index in [1.54, 1.807) is 0 Å². The number of carbonyl (C=O) groups excluding carboxylic acids is 1. The van der Waals surface area contributed by atoms with Crippen molar-refractivity contribution in [3.8, 4) is 0 Å². The first kappa shape index (κ1) is 14.6. The van der Waals surface area contributed by atoms with E-state index < -0.39 is 0 Å². The molecule has 0 aromatic heterocycles. The summed E-state index contributed by atoms with van der Waals surface area (Å²) in [6, 6.07) is 8.12. The smallest absolute Gasteiger partial charge is 0.230 e. The molecule has 2 nitrogen and oxygen atoms in total. The average Bonchev–Trinajstić information content (AvgIpc) is 3.05. The zero-order chi connectivity index (χ0) is 15.3. The van der Waals surface area contributed by atoms with E-state index in [2.05, 4.69) is 12.2 Å². The Balaban J connectivity index is 1.44. The van der Waals surface area contributed by atoms with Gasteiger partial charge in [0.1, 0.15) is 0 Å². The van der Waals surface area contributed by atoms with E-state index in [4.69, 9.17) is 11.6 Å². The third-order valence-corrected chi connectivity index (χ3v) is 6.63. The maximum absolute atomic E-state index is 12.8. The Morgan fingerprint density at radius 1 is 1.23 bits per heavy atom. The van der Waals surface area contributed by atoms with Gasteiger partial charge in [-0.25, -0.2) is 0 Å². The molecule has 1 N–H and O–H groups in total. The highest BCUT2D eigenvalue weighted by Crippen LogP contribution is 2.51. The fraction of sp³-hybridized carbons (Fsp3) is 0.632. The van der Waals surface area contributed by atoms with Crippen molar-refractivity contribution in [3.05, 3.63) is 34.9 Å². The van der Waals surface area contributed by atoms with E-state index in [1.807, 2.05) is 24.3 Å². The van der Waals surface area contributed by atoms with Gasteiger partial charge in [0.05, 0.1) is 5.41 Å². The number of nitrogens with one attached hydrogen (secondary N) is 1. The van der Waals surface area contributed by atoms with Crippen LogP contribution >= 0.6 is 11.6 Å². The normalized spacial score (nSPS) is 32.7. The highest BCUT2D eigenvalue weighted by molar-refractivity contribution is 6.30. The molecule has 1 aromatic carbocycles. The van der Waals surface area contributed by atoms with Crippen molar-refractivity contribution in [2.45, 2.75) is 56.9 Å². The molecule has 22 heavy (non-hydrogen) atoms. The lowest BCUT2D eigenvalue weighted by molar-refractivity contribution is -0.124. The summed E-state index contributed by atoms with van der Waals surface area (Å²) < 4.78 is 0. The van der Waals surface area contributed by atoms with Crippen molar-refractivity contribution < 1.29 is 4.79 Å². The molecule has 0 aliphatic heterocycles. The molecular weight excluding hydrogens is 294 g/mol. The summed E-state index contributed by atoms with van der Waals surface area (Å²) in [6.07, 6.45) is 7.43. The van der Waals surface area contributed by atoms with Crippen LogP contribution in [0.25, 0.3) is 0 Å². The van der Waals surface area contributed by atoms with Crippen LogP contribution in [0.15, 0.2) is 24.3 Å². The van der Waals surface area contributed by atoms with Crippen molar-refractivity contribution in [1.29, 1.82) is 0 Å².